The second kappa shape index (κ2) is 30.7. The fourth-order valence-corrected chi connectivity index (χ4v) is 13.0. The molecule has 426 valence electrons. The second-order valence-corrected chi connectivity index (χ2v) is 30.0. The Balaban J connectivity index is 1.22. The zero-order chi connectivity index (χ0) is 58.4. The van der Waals surface area contributed by atoms with Crippen molar-refractivity contribution in [2.45, 2.75) is 107 Å². The molecule has 6 aromatic rings. The summed E-state index contributed by atoms with van der Waals surface area (Å²) in [5.41, 5.74) is 12.5. The molecule has 0 aromatic heterocycles. The summed E-state index contributed by atoms with van der Waals surface area (Å²) in [6, 6.07) is 58.7. The zero-order valence-electron chi connectivity index (χ0n) is 48.0. The molecule has 0 heterocycles. The van der Waals surface area contributed by atoms with Gasteiger partial charge in [-0.05, 0) is 76.4 Å². The topological polar surface area (TPSA) is 166 Å². The van der Waals surface area contributed by atoms with Crippen LogP contribution in [0.25, 0.3) is 0 Å². The smallest absolute Gasteiger partial charge is 0.329 e. The second-order valence-electron chi connectivity index (χ2n) is 21.9. The van der Waals surface area contributed by atoms with Gasteiger partial charge in [-0.15, -0.1) is 23.5 Å². The Morgan fingerprint density at radius 2 is 1.01 bits per heavy atom. The van der Waals surface area contributed by atoms with Gasteiger partial charge < -0.3 is 31.2 Å². The molecule has 6 aromatic carbocycles. The summed E-state index contributed by atoms with van der Waals surface area (Å²) in [6.45, 7) is 15.7. The van der Waals surface area contributed by atoms with Crippen LogP contribution in [-0.2, 0) is 42.9 Å². The summed E-state index contributed by atoms with van der Waals surface area (Å²) in [5, 5.41) is 8.49. The highest BCUT2D eigenvalue weighted by atomic mass is 32.2. The van der Waals surface area contributed by atoms with Crippen molar-refractivity contribution in [3.8, 4) is 0 Å². The van der Waals surface area contributed by atoms with Crippen molar-refractivity contribution in [3.05, 3.63) is 239 Å². The monoisotopic (exact) mass is 1140 g/mol. The number of allylic oxidation sites excluding steroid dienone is 2. The summed E-state index contributed by atoms with van der Waals surface area (Å²) >= 11 is 3.27. The van der Waals surface area contributed by atoms with Crippen LogP contribution in [0.4, 0.5) is 0 Å². The van der Waals surface area contributed by atoms with Crippen LogP contribution >= 0.6 is 23.5 Å². The van der Waals surface area contributed by atoms with E-state index in [0.717, 1.165) is 39.4 Å². The third kappa shape index (κ3) is 17.5. The molecule has 4 atom stereocenters. The summed E-state index contributed by atoms with van der Waals surface area (Å²) in [7, 11) is -1.52. The van der Waals surface area contributed by atoms with E-state index in [1.165, 1.54) is 17.8 Å². The maximum atomic E-state index is 14.7. The highest BCUT2D eigenvalue weighted by molar-refractivity contribution is 8.00. The van der Waals surface area contributed by atoms with E-state index in [2.05, 4.69) is 108 Å². The van der Waals surface area contributed by atoms with E-state index in [1.807, 2.05) is 129 Å². The van der Waals surface area contributed by atoms with Crippen LogP contribution < -0.4 is 21.7 Å². The molecule has 6 rings (SSSR count). The van der Waals surface area contributed by atoms with Gasteiger partial charge in [-0.2, -0.15) is 0 Å². The average molecular weight is 1150 g/mol. The number of hydrogen-bond acceptors (Lipinski definition) is 10. The fraction of sp³-hybridized carbons (Fsp3) is 0.328. The lowest BCUT2D eigenvalue weighted by atomic mass is 9.84. The van der Waals surface area contributed by atoms with Gasteiger partial charge in [-0.1, -0.05) is 241 Å². The lowest BCUT2D eigenvalue weighted by Crippen LogP contribution is -2.55. The minimum atomic E-state index is -1.52. The van der Waals surface area contributed by atoms with Crippen molar-refractivity contribution in [3.63, 3.8) is 0 Å². The Morgan fingerprint density at radius 1 is 0.593 bits per heavy atom. The van der Waals surface area contributed by atoms with Crippen molar-refractivity contribution in [1.82, 2.24) is 16.0 Å². The van der Waals surface area contributed by atoms with Crippen LogP contribution in [0.1, 0.15) is 80.8 Å². The number of nitrogens with one attached hydrogen (secondary N) is 3. The quantitative estimate of drug-likeness (QED) is 0.00887. The zero-order valence-corrected chi connectivity index (χ0v) is 50.6. The van der Waals surface area contributed by atoms with Crippen molar-refractivity contribution in [2.75, 3.05) is 18.1 Å². The molecule has 0 saturated heterocycles. The minimum absolute atomic E-state index is 0.0583. The number of thioether (sulfide) groups is 2. The molecule has 0 bridgehead atoms. The number of carbonyl (C=O) groups is 5. The molecule has 5 N–H and O–H groups in total. The summed E-state index contributed by atoms with van der Waals surface area (Å²) < 4.78 is 10.4. The van der Waals surface area contributed by atoms with E-state index in [4.69, 9.17) is 15.2 Å². The van der Waals surface area contributed by atoms with Crippen LogP contribution in [-0.4, -0.2) is 80.1 Å². The van der Waals surface area contributed by atoms with Crippen molar-refractivity contribution < 1.29 is 33.4 Å². The van der Waals surface area contributed by atoms with Gasteiger partial charge >= 0.3 is 11.9 Å². The van der Waals surface area contributed by atoms with Gasteiger partial charge in [0, 0.05) is 13.8 Å². The van der Waals surface area contributed by atoms with Crippen LogP contribution in [0, 0.1) is 11.8 Å². The van der Waals surface area contributed by atoms with Crippen molar-refractivity contribution in [2.24, 2.45) is 17.6 Å². The largest absolute Gasteiger partial charge is 0.466 e. The van der Waals surface area contributed by atoms with Crippen LogP contribution in [0.15, 0.2) is 206 Å². The third-order valence-corrected chi connectivity index (χ3v) is 18.8. The first-order valence-corrected chi connectivity index (χ1v) is 33.5. The van der Waals surface area contributed by atoms with Gasteiger partial charge in [0.2, 0.25) is 11.8 Å². The molecule has 0 fully saturated rings. The Kier molecular flexibility index (Phi) is 24.0. The molecule has 81 heavy (non-hydrogen) atoms. The van der Waals surface area contributed by atoms with Crippen molar-refractivity contribution in [1.29, 1.82) is 0 Å². The van der Waals surface area contributed by atoms with E-state index < -0.39 is 77.4 Å². The lowest BCUT2D eigenvalue weighted by Gasteiger charge is -2.36. The molecule has 3 amide bonds. The van der Waals surface area contributed by atoms with Crippen LogP contribution in [0.2, 0.25) is 25.7 Å². The Bertz CT molecular complexity index is 2800. The molecule has 0 spiro atoms. The van der Waals surface area contributed by atoms with Gasteiger partial charge in [0.25, 0.3) is 5.91 Å². The van der Waals surface area contributed by atoms with Crippen molar-refractivity contribution >= 4 is 61.3 Å². The number of hydrogen-bond donors (Lipinski definition) is 4. The molecular weight excluding hydrogens is 1060 g/mol. The van der Waals surface area contributed by atoms with E-state index >= 15 is 0 Å². The summed E-state index contributed by atoms with van der Waals surface area (Å²) in [5.74, 6) is -3.19. The Morgan fingerprint density at radius 3 is 1.40 bits per heavy atom. The molecule has 0 aliphatic rings. The first-order chi connectivity index (χ1) is 38.9. The third-order valence-electron chi connectivity index (χ3n) is 13.9. The van der Waals surface area contributed by atoms with Gasteiger partial charge in [-0.3, -0.25) is 19.2 Å². The number of benzene rings is 6. The Labute approximate surface area is 489 Å². The average Bonchev–Trinajstić information content (AvgIpc) is 3.52. The van der Waals surface area contributed by atoms with Gasteiger partial charge in [0.15, 0.2) is 0 Å². The van der Waals surface area contributed by atoms with Crippen LogP contribution in [0.3, 0.4) is 0 Å². The Hall–Kier alpha value is -6.97. The first kappa shape index (κ1) is 63.2. The number of rotatable bonds is 29. The lowest BCUT2D eigenvalue weighted by molar-refractivity contribution is -0.156. The maximum absolute atomic E-state index is 14.7. The van der Waals surface area contributed by atoms with E-state index in [9.17, 15) is 24.0 Å². The SMILES string of the molecule is C/C=C(\NC(=O)[C@@H](CSC(c1ccccc1)(c1ccccc1)c1ccccc1)NC(=O)[C@H](N)C(C)C)C(=O)N[C@H](C(=O)O[C@H](/C=C/CCSC(c1ccccc1)(c1ccccc1)c1ccccc1)CC(=O)OCC[Si](C)(C)C)C(C)C. The normalized spacial score (nSPS) is 13.7. The molecular formula is C67H80N4O7S2Si. The molecule has 14 heteroatoms. The van der Waals surface area contributed by atoms with Gasteiger partial charge in [-0.25, -0.2) is 4.79 Å². The standard InChI is InChI=1S/C67H80N4O7S2Si/c1-9-57(69-63(74)58(70-64(75)60(68)48(2)3)47-80-67(53-36-22-13-23-37-53,54-38-24-14-25-39-54)55-40-26-15-27-41-55)62(73)71-61(49(4)5)65(76)78-56(46-59(72)77-43-45-81(6,7)8)42-28-29-44-79-66(50-30-16-10-17-31-50,51-32-18-11-19-33-51)52-34-20-12-21-35-52/h9-28,30-42,48-49,56,58,60-61H,29,43-47,68H2,1-8H3,(H,69,74)(H,70,75)(H,71,73)/b42-28+,57-9-/t56-,58-,60-,61+/m1/s1. The highest BCUT2D eigenvalue weighted by Crippen LogP contribution is 2.50. The predicted molar refractivity (Wildman–Crippen MR) is 334 cm³/mol. The number of nitrogens with two attached hydrogens (primary N) is 1. The molecule has 0 aliphatic carbocycles. The van der Waals surface area contributed by atoms with E-state index in [1.54, 1.807) is 38.6 Å². The number of carbonyl (C=O) groups excluding carboxylic acids is 5. The van der Waals surface area contributed by atoms with Gasteiger partial charge in [0.1, 0.15) is 23.9 Å². The van der Waals surface area contributed by atoms with Crippen LogP contribution in [0.5, 0.6) is 0 Å². The number of ether oxygens (including phenoxy) is 2. The number of amides is 3. The summed E-state index contributed by atoms with van der Waals surface area (Å²) in [4.78, 5) is 70.6. The first-order valence-electron chi connectivity index (χ1n) is 27.9. The molecule has 0 saturated carbocycles. The molecule has 11 nitrogen and oxygen atoms in total. The molecule has 0 radical (unpaired) electrons. The molecule has 0 aliphatic heterocycles. The molecule has 0 unspecified atom stereocenters. The minimum Gasteiger partial charge on any atom is -0.466 e. The summed E-state index contributed by atoms with van der Waals surface area (Å²) in [6.07, 6.45) is 4.41. The van der Waals surface area contributed by atoms with E-state index in [0.29, 0.717) is 12.2 Å². The predicted octanol–water partition coefficient (Wildman–Crippen LogP) is 12.2. The van der Waals surface area contributed by atoms with E-state index in [-0.39, 0.29) is 30.4 Å². The number of esters is 2. The fourth-order valence-electron chi connectivity index (χ4n) is 9.29. The van der Waals surface area contributed by atoms with Gasteiger partial charge in [0.05, 0.1) is 28.6 Å². The highest BCUT2D eigenvalue weighted by Gasteiger charge is 2.40. The maximum Gasteiger partial charge on any atom is 0.329 e.